The maximum Gasteiger partial charge on any atom is 0.235 e. The van der Waals surface area contributed by atoms with Crippen molar-refractivity contribution in [1.29, 1.82) is 0 Å². The van der Waals surface area contributed by atoms with Crippen molar-refractivity contribution < 1.29 is 4.79 Å². The number of benzene rings is 1. The Labute approximate surface area is 89.3 Å². The molecule has 0 atom stereocenters. The fourth-order valence-corrected chi connectivity index (χ4v) is 2.69. The number of rotatable bonds is 1. The van der Waals surface area contributed by atoms with E-state index in [1.54, 1.807) is 0 Å². The van der Waals surface area contributed by atoms with E-state index in [0.717, 1.165) is 10.2 Å². The Morgan fingerprint density at radius 1 is 1.57 bits per heavy atom. The summed E-state index contributed by atoms with van der Waals surface area (Å²) in [6.07, 6.45) is 0.540. The average molecular weight is 227 g/mol. The first kappa shape index (κ1) is 9.43. The summed E-state index contributed by atoms with van der Waals surface area (Å²) < 4.78 is 2.84. The number of para-hydroxylation sites is 1. The lowest BCUT2D eigenvalue weighted by atomic mass is 10.3. The normalized spacial score (nSPS) is 12.3. The van der Waals surface area contributed by atoms with Crippen LogP contribution in [0.4, 0.5) is 0 Å². The van der Waals surface area contributed by atoms with E-state index < -0.39 is 0 Å². The molecule has 2 rings (SSSR count). The Bertz CT molecular complexity index is 555. The zero-order valence-electron chi connectivity index (χ0n) is 7.40. The van der Waals surface area contributed by atoms with Crippen LogP contribution in [0.5, 0.6) is 0 Å². The molecule has 0 saturated heterocycles. The summed E-state index contributed by atoms with van der Waals surface area (Å²) in [5, 5.41) is 0.675. The molecule has 72 valence electrons. The van der Waals surface area contributed by atoms with Gasteiger partial charge in [-0.15, -0.1) is 0 Å². The fraction of sp³-hybridized carbons (Fsp3) is 0.111. The minimum Gasteiger partial charge on any atom is -0.318 e. The highest BCUT2D eigenvalue weighted by Crippen LogP contribution is 2.24. The van der Waals surface area contributed by atoms with Crippen molar-refractivity contribution in [2.24, 2.45) is 12.0 Å². The molecule has 1 aromatic carbocycles. The number of thiazole rings is 1. The van der Waals surface area contributed by atoms with E-state index in [1.807, 2.05) is 29.8 Å². The summed E-state index contributed by atoms with van der Waals surface area (Å²) in [6, 6.07) is 5.66. The topological polar surface area (TPSA) is 34.4 Å². The third-order valence-electron chi connectivity index (χ3n) is 1.94. The molecule has 0 bridgehead atoms. The number of hydrogen-bond acceptors (Lipinski definition) is 2. The lowest BCUT2D eigenvalue weighted by Crippen LogP contribution is -2.09. The Balaban J connectivity index is 2.94. The van der Waals surface area contributed by atoms with E-state index in [4.69, 9.17) is 11.6 Å². The predicted molar refractivity (Wildman–Crippen MR) is 57.4 cm³/mol. The van der Waals surface area contributed by atoms with Gasteiger partial charge in [0.2, 0.25) is 6.41 Å². The van der Waals surface area contributed by atoms with Crippen LogP contribution in [0.3, 0.4) is 0 Å². The lowest BCUT2D eigenvalue weighted by molar-refractivity contribution is -0.107. The molecular formula is C9H7ClN2OS. The number of aryl methyl sites for hydroxylation is 1. The zero-order chi connectivity index (χ0) is 10.1. The number of amides is 1. The van der Waals surface area contributed by atoms with Crippen LogP contribution in [0, 0.1) is 0 Å². The molecule has 0 saturated carbocycles. The van der Waals surface area contributed by atoms with Crippen LogP contribution in [0.15, 0.2) is 23.2 Å². The van der Waals surface area contributed by atoms with Gasteiger partial charge in [0, 0.05) is 7.05 Å². The minimum atomic E-state index is 0.540. The summed E-state index contributed by atoms with van der Waals surface area (Å²) in [6.45, 7) is 0. The lowest BCUT2D eigenvalue weighted by Gasteiger charge is -1.96. The van der Waals surface area contributed by atoms with Crippen molar-refractivity contribution in [1.82, 2.24) is 4.57 Å². The molecule has 1 aromatic heterocycles. The first-order valence-electron chi connectivity index (χ1n) is 3.95. The van der Waals surface area contributed by atoms with Crippen LogP contribution in [-0.2, 0) is 11.8 Å². The summed E-state index contributed by atoms with van der Waals surface area (Å²) in [5.74, 6) is 0. The number of halogens is 1. The number of nitrogens with zero attached hydrogens (tertiary/aromatic N) is 2. The Kier molecular flexibility index (Phi) is 2.39. The monoisotopic (exact) mass is 226 g/mol. The summed E-state index contributed by atoms with van der Waals surface area (Å²) >= 11 is 7.47. The van der Waals surface area contributed by atoms with E-state index in [1.165, 1.54) is 11.3 Å². The van der Waals surface area contributed by atoms with Gasteiger partial charge < -0.3 is 4.57 Å². The highest BCUT2D eigenvalue weighted by Gasteiger charge is 2.05. The quantitative estimate of drug-likeness (QED) is 0.685. The molecule has 0 radical (unpaired) electrons. The molecule has 5 heteroatoms. The predicted octanol–water partition coefficient (Wildman–Crippen LogP) is 1.95. The van der Waals surface area contributed by atoms with Gasteiger partial charge in [-0.1, -0.05) is 29.0 Å². The Hall–Kier alpha value is -1.13. The van der Waals surface area contributed by atoms with Crippen molar-refractivity contribution >= 4 is 39.6 Å². The third kappa shape index (κ3) is 1.36. The number of fused-ring (bicyclic) bond motifs is 1. The van der Waals surface area contributed by atoms with Crippen LogP contribution in [0.25, 0.3) is 10.2 Å². The van der Waals surface area contributed by atoms with Crippen LogP contribution < -0.4 is 4.80 Å². The molecule has 1 amide bonds. The molecule has 0 N–H and O–H groups in total. The number of carbonyl (C=O) groups is 1. The summed E-state index contributed by atoms with van der Waals surface area (Å²) in [5.41, 5.74) is 0.916. The summed E-state index contributed by atoms with van der Waals surface area (Å²) in [4.78, 5) is 14.7. The molecular weight excluding hydrogens is 220 g/mol. The van der Waals surface area contributed by atoms with Gasteiger partial charge in [-0.25, -0.2) is 0 Å². The van der Waals surface area contributed by atoms with Crippen molar-refractivity contribution in [2.75, 3.05) is 0 Å². The van der Waals surface area contributed by atoms with Crippen molar-refractivity contribution in [2.45, 2.75) is 0 Å². The molecule has 1 heterocycles. The maximum atomic E-state index is 10.3. The first-order chi connectivity index (χ1) is 6.74. The van der Waals surface area contributed by atoms with E-state index in [-0.39, 0.29) is 0 Å². The van der Waals surface area contributed by atoms with Gasteiger partial charge >= 0.3 is 0 Å². The standard InChI is InChI=1S/C9H7ClN2OS/c1-12-8-6(10)3-2-4-7(8)14-9(12)11-5-13/h2-5H,1H3. The SMILES string of the molecule is Cn1c(=NC=O)sc2cccc(Cl)c21. The number of carbonyl (C=O) groups excluding carboxylic acids is 1. The molecule has 0 fully saturated rings. The van der Waals surface area contributed by atoms with Gasteiger partial charge in [0.05, 0.1) is 15.2 Å². The van der Waals surface area contributed by atoms with Crippen LogP contribution in [0.2, 0.25) is 5.02 Å². The Morgan fingerprint density at radius 2 is 2.36 bits per heavy atom. The van der Waals surface area contributed by atoms with E-state index in [2.05, 4.69) is 4.99 Å². The summed E-state index contributed by atoms with van der Waals surface area (Å²) in [7, 11) is 1.84. The first-order valence-corrected chi connectivity index (χ1v) is 5.15. The molecule has 0 aliphatic carbocycles. The van der Waals surface area contributed by atoms with Crippen LogP contribution in [0.1, 0.15) is 0 Å². The van der Waals surface area contributed by atoms with Crippen LogP contribution >= 0.6 is 22.9 Å². The van der Waals surface area contributed by atoms with Crippen molar-refractivity contribution in [3.63, 3.8) is 0 Å². The second-order valence-corrected chi connectivity index (χ2v) is 4.18. The van der Waals surface area contributed by atoms with Gasteiger partial charge in [-0.05, 0) is 12.1 Å². The second-order valence-electron chi connectivity index (χ2n) is 2.76. The smallest absolute Gasteiger partial charge is 0.235 e. The van der Waals surface area contributed by atoms with Gasteiger partial charge in [0.15, 0.2) is 4.80 Å². The average Bonchev–Trinajstić information content (AvgIpc) is 2.46. The highest BCUT2D eigenvalue weighted by molar-refractivity contribution is 7.16. The maximum absolute atomic E-state index is 10.3. The van der Waals surface area contributed by atoms with E-state index in [9.17, 15) is 4.79 Å². The molecule has 2 aromatic rings. The molecule has 0 aliphatic rings. The Morgan fingerprint density at radius 3 is 3.00 bits per heavy atom. The largest absolute Gasteiger partial charge is 0.318 e. The number of hydrogen-bond donors (Lipinski definition) is 0. The van der Waals surface area contributed by atoms with E-state index >= 15 is 0 Å². The molecule has 14 heavy (non-hydrogen) atoms. The van der Waals surface area contributed by atoms with Crippen molar-refractivity contribution in [3.05, 3.63) is 28.0 Å². The molecule has 0 spiro atoms. The second kappa shape index (κ2) is 3.55. The van der Waals surface area contributed by atoms with Crippen molar-refractivity contribution in [3.8, 4) is 0 Å². The molecule has 0 unspecified atom stereocenters. The van der Waals surface area contributed by atoms with Gasteiger partial charge in [-0.3, -0.25) is 4.79 Å². The van der Waals surface area contributed by atoms with Gasteiger partial charge in [-0.2, -0.15) is 4.99 Å². The number of aromatic nitrogens is 1. The zero-order valence-corrected chi connectivity index (χ0v) is 8.97. The van der Waals surface area contributed by atoms with Crippen LogP contribution in [-0.4, -0.2) is 11.0 Å². The highest BCUT2D eigenvalue weighted by atomic mass is 35.5. The molecule has 3 nitrogen and oxygen atoms in total. The van der Waals surface area contributed by atoms with E-state index in [0.29, 0.717) is 16.2 Å². The van der Waals surface area contributed by atoms with Gasteiger partial charge in [0.25, 0.3) is 0 Å². The fourth-order valence-electron chi connectivity index (χ4n) is 1.32. The minimum absolute atomic E-state index is 0.540. The third-order valence-corrected chi connectivity index (χ3v) is 3.35. The molecule has 0 aliphatic heterocycles. The van der Waals surface area contributed by atoms with Gasteiger partial charge in [0.1, 0.15) is 0 Å².